The van der Waals surface area contributed by atoms with Gasteiger partial charge in [-0.25, -0.2) is 10.8 Å². The molecule has 0 saturated heterocycles. The van der Waals surface area contributed by atoms with E-state index in [-0.39, 0.29) is 5.56 Å². The van der Waals surface area contributed by atoms with Crippen molar-refractivity contribution < 1.29 is 22.7 Å². The lowest BCUT2D eigenvalue weighted by molar-refractivity contribution is -0.276. The molecule has 8 heteroatoms. The highest BCUT2D eigenvalue weighted by atomic mass is 19.4. The molecule has 0 aliphatic carbocycles. The van der Waals surface area contributed by atoms with Crippen LogP contribution in [0.1, 0.15) is 10.4 Å². The van der Waals surface area contributed by atoms with Gasteiger partial charge in [0.25, 0.3) is 5.91 Å². The summed E-state index contributed by atoms with van der Waals surface area (Å²) < 4.78 is 38.6. The Morgan fingerprint density at radius 2 is 2.13 bits per heavy atom. The van der Waals surface area contributed by atoms with Crippen molar-refractivity contribution in [2.45, 2.75) is 6.36 Å². The number of hydrogen-bond acceptors (Lipinski definition) is 4. The standard InChI is InChI=1S/C7H6F3N3O2/c8-7(9,10)15-5-2-1-4(3-12-5)6(14)13-11/h1-3H,11H2,(H,13,14). The van der Waals surface area contributed by atoms with E-state index >= 15 is 0 Å². The predicted octanol–water partition coefficient (Wildman–Crippen LogP) is 0.584. The molecule has 0 aliphatic heterocycles. The van der Waals surface area contributed by atoms with Crippen LogP contribution in [-0.4, -0.2) is 17.3 Å². The maximum absolute atomic E-state index is 11.7. The lowest BCUT2D eigenvalue weighted by atomic mass is 10.3. The van der Waals surface area contributed by atoms with E-state index in [9.17, 15) is 18.0 Å². The summed E-state index contributed by atoms with van der Waals surface area (Å²) in [7, 11) is 0. The average molecular weight is 221 g/mol. The van der Waals surface area contributed by atoms with Crippen molar-refractivity contribution in [3.05, 3.63) is 23.9 Å². The molecule has 0 aliphatic rings. The van der Waals surface area contributed by atoms with Crippen molar-refractivity contribution in [2.75, 3.05) is 0 Å². The summed E-state index contributed by atoms with van der Waals surface area (Å²) in [6.07, 6.45) is -3.88. The zero-order valence-corrected chi connectivity index (χ0v) is 7.21. The number of halogens is 3. The fraction of sp³-hybridized carbons (Fsp3) is 0.143. The number of nitrogens with two attached hydrogens (primary N) is 1. The predicted molar refractivity (Wildman–Crippen MR) is 42.6 cm³/mol. The van der Waals surface area contributed by atoms with Gasteiger partial charge in [-0.2, -0.15) is 0 Å². The Kier molecular flexibility index (Phi) is 3.10. The first kappa shape index (κ1) is 11.2. The molecule has 0 saturated carbocycles. The molecule has 0 atom stereocenters. The van der Waals surface area contributed by atoms with Gasteiger partial charge in [0.1, 0.15) is 0 Å². The molecule has 1 heterocycles. The molecule has 3 N–H and O–H groups in total. The number of aromatic nitrogens is 1. The van der Waals surface area contributed by atoms with Crippen LogP contribution >= 0.6 is 0 Å². The first-order valence-electron chi connectivity index (χ1n) is 3.65. The molecule has 5 nitrogen and oxygen atoms in total. The summed E-state index contributed by atoms with van der Waals surface area (Å²) in [4.78, 5) is 14.1. The zero-order chi connectivity index (χ0) is 11.5. The van der Waals surface area contributed by atoms with E-state index in [2.05, 4.69) is 9.72 Å². The highest BCUT2D eigenvalue weighted by Crippen LogP contribution is 2.20. The number of pyridine rings is 1. The van der Waals surface area contributed by atoms with E-state index in [0.717, 1.165) is 18.3 Å². The number of ether oxygens (including phenoxy) is 1. The van der Waals surface area contributed by atoms with Crippen LogP contribution in [0.5, 0.6) is 5.88 Å². The van der Waals surface area contributed by atoms with Crippen molar-refractivity contribution in [3.8, 4) is 5.88 Å². The second-order valence-electron chi connectivity index (χ2n) is 2.41. The summed E-state index contributed by atoms with van der Waals surface area (Å²) in [6, 6.07) is 2.02. The summed E-state index contributed by atoms with van der Waals surface area (Å²) >= 11 is 0. The molecule has 1 aromatic heterocycles. The van der Waals surface area contributed by atoms with Gasteiger partial charge in [-0.15, -0.1) is 13.2 Å². The minimum absolute atomic E-state index is 0.0343. The quantitative estimate of drug-likeness (QED) is 0.435. The fourth-order valence-electron chi connectivity index (χ4n) is 0.777. The second-order valence-corrected chi connectivity index (χ2v) is 2.41. The topological polar surface area (TPSA) is 77.2 Å². The van der Waals surface area contributed by atoms with Gasteiger partial charge in [0, 0.05) is 12.3 Å². The molecule has 0 aromatic carbocycles. The number of carbonyl (C=O) groups is 1. The molecule has 0 fully saturated rings. The summed E-state index contributed by atoms with van der Waals surface area (Å²) in [6.45, 7) is 0. The Morgan fingerprint density at radius 1 is 1.47 bits per heavy atom. The normalized spacial score (nSPS) is 10.9. The van der Waals surface area contributed by atoms with Gasteiger partial charge >= 0.3 is 6.36 Å². The highest BCUT2D eigenvalue weighted by molar-refractivity contribution is 5.93. The van der Waals surface area contributed by atoms with Crippen LogP contribution in [0, 0.1) is 0 Å². The van der Waals surface area contributed by atoms with Crippen molar-refractivity contribution in [1.29, 1.82) is 0 Å². The lowest BCUT2D eigenvalue weighted by Crippen LogP contribution is -2.30. The minimum atomic E-state index is -4.80. The number of nitrogens with one attached hydrogen (secondary N) is 1. The van der Waals surface area contributed by atoms with Crippen LogP contribution in [-0.2, 0) is 0 Å². The number of hydrogen-bond donors (Lipinski definition) is 2. The molecule has 1 aromatic rings. The fourth-order valence-corrected chi connectivity index (χ4v) is 0.777. The van der Waals surface area contributed by atoms with Crippen LogP contribution in [0.3, 0.4) is 0 Å². The van der Waals surface area contributed by atoms with Gasteiger partial charge in [0.05, 0.1) is 5.56 Å². The van der Waals surface area contributed by atoms with Gasteiger partial charge in [-0.1, -0.05) is 0 Å². The Hall–Kier alpha value is -1.83. The Labute approximate surface area is 82.0 Å². The zero-order valence-electron chi connectivity index (χ0n) is 7.21. The van der Waals surface area contributed by atoms with Crippen molar-refractivity contribution in [3.63, 3.8) is 0 Å². The van der Waals surface area contributed by atoms with Crippen LogP contribution in [0.2, 0.25) is 0 Å². The third-order valence-corrected chi connectivity index (χ3v) is 1.35. The monoisotopic (exact) mass is 221 g/mol. The molecule has 1 amide bonds. The number of nitrogen functional groups attached to an aromatic ring is 1. The van der Waals surface area contributed by atoms with E-state index < -0.39 is 18.1 Å². The smallest absolute Gasteiger partial charge is 0.388 e. The Bertz CT molecular complexity index is 349. The first-order chi connectivity index (χ1) is 6.92. The van der Waals surface area contributed by atoms with Gasteiger partial charge in [0.15, 0.2) is 0 Å². The summed E-state index contributed by atoms with van der Waals surface area (Å²) in [5.41, 5.74) is 1.84. The van der Waals surface area contributed by atoms with E-state index in [1.807, 2.05) is 0 Å². The second kappa shape index (κ2) is 4.13. The molecular formula is C7H6F3N3O2. The van der Waals surface area contributed by atoms with Crippen molar-refractivity contribution >= 4 is 5.91 Å². The first-order valence-corrected chi connectivity index (χ1v) is 3.65. The van der Waals surface area contributed by atoms with Gasteiger partial charge < -0.3 is 4.74 Å². The lowest BCUT2D eigenvalue weighted by Gasteiger charge is -2.07. The maximum Gasteiger partial charge on any atom is 0.574 e. The van der Waals surface area contributed by atoms with Gasteiger partial charge in [0.2, 0.25) is 5.88 Å². The maximum atomic E-state index is 11.7. The molecule has 15 heavy (non-hydrogen) atoms. The molecule has 82 valence electrons. The van der Waals surface area contributed by atoms with Gasteiger partial charge in [-0.3, -0.25) is 10.2 Å². The van der Waals surface area contributed by atoms with Crippen LogP contribution < -0.4 is 16.0 Å². The highest BCUT2D eigenvalue weighted by Gasteiger charge is 2.31. The van der Waals surface area contributed by atoms with Crippen LogP contribution in [0.4, 0.5) is 13.2 Å². The molecular weight excluding hydrogens is 215 g/mol. The molecule has 0 spiro atoms. The van der Waals surface area contributed by atoms with Crippen LogP contribution in [0.25, 0.3) is 0 Å². The third-order valence-electron chi connectivity index (χ3n) is 1.35. The number of rotatable bonds is 2. The molecule has 0 radical (unpaired) electrons. The van der Waals surface area contributed by atoms with Crippen LogP contribution in [0.15, 0.2) is 18.3 Å². The summed E-state index contributed by atoms with van der Waals surface area (Å²) in [5.74, 6) is 3.51. The van der Waals surface area contributed by atoms with Crippen molar-refractivity contribution in [1.82, 2.24) is 10.4 Å². The van der Waals surface area contributed by atoms with Crippen molar-refractivity contribution in [2.24, 2.45) is 5.84 Å². The Morgan fingerprint density at radius 3 is 2.53 bits per heavy atom. The van der Waals surface area contributed by atoms with E-state index in [4.69, 9.17) is 5.84 Å². The Balaban J connectivity index is 2.77. The van der Waals surface area contributed by atoms with E-state index in [0.29, 0.717) is 0 Å². The SMILES string of the molecule is NNC(=O)c1ccc(OC(F)(F)F)nc1. The molecule has 0 unspecified atom stereocenters. The average Bonchev–Trinajstić information content (AvgIpc) is 2.15. The number of carbonyl (C=O) groups excluding carboxylic acids is 1. The third kappa shape index (κ3) is 3.43. The largest absolute Gasteiger partial charge is 0.574 e. The summed E-state index contributed by atoms with van der Waals surface area (Å²) in [5, 5.41) is 0. The number of hydrazine groups is 1. The van der Waals surface area contributed by atoms with Gasteiger partial charge in [-0.05, 0) is 6.07 Å². The molecule has 0 bridgehead atoms. The molecule has 1 rings (SSSR count). The van der Waals surface area contributed by atoms with E-state index in [1.165, 1.54) is 0 Å². The number of amides is 1. The number of nitrogens with zero attached hydrogens (tertiary/aromatic N) is 1. The minimum Gasteiger partial charge on any atom is -0.388 e. The number of alkyl halides is 3. The van der Waals surface area contributed by atoms with E-state index in [1.54, 1.807) is 5.43 Å².